The Kier molecular flexibility index (Phi) is 4.54. The summed E-state index contributed by atoms with van der Waals surface area (Å²) in [6, 6.07) is 0. The largest absolute Gasteiger partial charge is 0.370 e. The molecule has 0 unspecified atom stereocenters. The van der Waals surface area contributed by atoms with Gasteiger partial charge in [-0.1, -0.05) is 19.3 Å². The normalized spacial score (nSPS) is 19.9. The first-order valence-corrected chi connectivity index (χ1v) is 5.60. The zero-order valence-corrected chi connectivity index (χ0v) is 9.79. The first-order chi connectivity index (χ1) is 7.03. The van der Waals surface area contributed by atoms with E-state index in [0.29, 0.717) is 6.61 Å². The van der Waals surface area contributed by atoms with E-state index in [1.54, 1.807) is 14.1 Å². The van der Waals surface area contributed by atoms with Crippen molar-refractivity contribution in [2.45, 2.75) is 37.6 Å². The minimum Gasteiger partial charge on any atom is -0.370 e. The van der Waals surface area contributed by atoms with Crippen molar-refractivity contribution >= 4 is 5.91 Å². The summed E-state index contributed by atoms with van der Waals surface area (Å²) in [7, 11) is 3.45. The van der Waals surface area contributed by atoms with Crippen molar-refractivity contribution in [1.82, 2.24) is 4.90 Å². The minimum atomic E-state index is -0.190. The van der Waals surface area contributed by atoms with Gasteiger partial charge in [0.05, 0.1) is 6.61 Å². The second-order valence-electron chi connectivity index (χ2n) is 4.70. The Bertz CT molecular complexity index is 211. The van der Waals surface area contributed by atoms with Gasteiger partial charge in [-0.25, -0.2) is 0 Å². The summed E-state index contributed by atoms with van der Waals surface area (Å²) in [6.07, 6.45) is 5.67. The van der Waals surface area contributed by atoms with Crippen LogP contribution in [0, 0.1) is 0 Å². The highest BCUT2D eigenvalue weighted by atomic mass is 16.5. The molecular weight excluding hydrogens is 192 g/mol. The van der Waals surface area contributed by atoms with Gasteiger partial charge in [-0.05, 0) is 12.8 Å². The number of rotatable bonds is 4. The number of ether oxygens (including phenoxy) is 1. The molecule has 1 aliphatic carbocycles. The molecular formula is C11H22N2O2. The first kappa shape index (κ1) is 12.5. The molecule has 0 aliphatic heterocycles. The number of carbonyl (C=O) groups is 1. The van der Waals surface area contributed by atoms with Crippen LogP contribution in [0.5, 0.6) is 0 Å². The first-order valence-electron chi connectivity index (χ1n) is 5.60. The van der Waals surface area contributed by atoms with Gasteiger partial charge in [0.2, 0.25) is 5.91 Å². The van der Waals surface area contributed by atoms with Crippen LogP contribution in [0.2, 0.25) is 0 Å². The quantitative estimate of drug-likeness (QED) is 0.751. The van der Waals surface area contributed by atoms with Crippen molar-refractivity contribution < 1.29 is 9.53 Å². The Morgan fingerprint density at radius 3 is 2.47 bits per heavy atom. The van der Waals surface area contributed by atoms with Crippen molar-refractivity contribution in [1.29, 1.82) is 0 Å². The van der Waals surface area contributed by atoms with Crippen LogP contribution in [0.1, 0.15) is 32.1 Å². The Hall–Kier alpha value is -0.610. The summed E-state index contributed by atoms with van der Waals surface area (Å²) in [4.78, 5) is 12.8. The molecule has 15 heavy (non-hydrogen) atoms. The third-order valence-electron chi connectivity index (χ3n) is 2.96. The predicted octanol–water partition coefficient (Wildman–Crippen LogP) is 0.753. The van der Waals surface area contributed by atoms with E-state index in [9.17, 15) is 4.79 Å². The molecule has 1 rings (SSSR count). The lowest BCUT2D eigenvalue weighted by molar-refractivity contribution is -0.134. The summed E-state index contributed by atoms with van der Waals surface area (Å²) in [5, 5.41) is 0. The molecule has 1 fully saturated rings. The number of likely N-dealkylation sites (N-methyl/N-ethyl adjacent to an activating group) is 1. The molecule has 0 atom stereocenters. The Morgan fingerprint density at radius 2 is 1.93 bits per heavy atom. The number of hydrogen-bond donors (Lipinski definition) is 1. The molecule has 88 valence electrons. The minimum absolute atomic E-state index is 0.00518. The summed E-state index contributed by atoms with van der Waals surface area (Å²) >= 11 is 0. The standard InChI is InChI=1S/C11H22N2O2/c1-13(2)10(14)8-15-9-11(12)6-4-3-5-7-11/h3-9,12H2,1-2H3. The topological polar surface area (TPSA) is 55.6 Å². The molecule has 0 bridgehead atoms. The van der Waals surface area contributed by atoms with E-state index in [1.807, 2.05) is 0 Å². The van der Waals surface area contributed by atoms with Gasteiger partial charge in [-0.3, -0.25) is 4.79 Å². The van der Waals surface area contributed by atoms with Crippen molar-refractivity contribution in [2.24, 2.45) is 5.73 Å². The van der Waals surface area contributed by atoms with Gasteiger partial charge < -0.3 is 15.4 Å². The van der Waals surface area contributed by atoms with Gasteiger partial charge in [0.15, 0.2) is 0 Å². The van der Waals surface area contributed by atoms with E-state index in [-0.39, 0.29) is 18.1 Å². The number of hydrogen-bond acceptors (Lipinski definition) is 3. The van der Waals surface area contributed by atoms with E-state index in [1.165, 1.54) is 24.2 Å². The zero-order chi connectivity index (χ0) is 11.3. The molecule has 1 aliphatic rings. The van der Waals surface area contributed by atoms with Gasteiger partial charge in [0.25, 0.3) is 0 Å². The summed E-state index contributed by atoms with van der Waals surface area (Å²) in [5.41, 5.74) is 5.98. The van der Waals surface area contributed by atoms with Crippen LogP contribution < -0.4 is 5.73 Å². The summed E-state index contributed by atoms with van der Waals surface area (Å²) in [5.74, 6) is -0.00518. The van der Waals surface area contributed by atoms with Crippen LogP contribution in [0.4, 0.5) is 0 Å². The monoisotopic (exact) mass is 214 g/mol. The summed E-state index contributed by atoms with van der Waals surface area (Å²) < 4.78 is 5.38. The molecule has 0 spiro atoms. The van der Waals surface area contributed by atoms with Crippen LogP contribution in [0.15, 0.2) is 0 Å². The third-order valence-corrected chi connectivity index (χ3v) is 2.96. The Labute approximate surface area is 91.8 Å². The van der Waals surface area contributed by atoms with Crippen LogP contribution in [0.25, 0.3) is 0 Å². The fourth-order valence-electron chi connectivity index (χ4n) is 1.87. The van der Waals surface area contributed by atoms with E-state index < -0.39 is 0 Å². The Morgan fingerprint density at radius 1 is 1.33 bits per heavy atom. The smallest absolute Gasteiger partial charge is 0.248 e. The molecule has 0 aromatic rings. The fraction of sp³-hybridized carbons (Fsp3) is 0.909. The molecule has 0 aromatic carbocycles. The zero-order valence-electron chi connectivity index (χ0n) is 9.79. The molecule has 0 heterocycles. The maximum absolute atomic E-state index is 11.2. The predicted molar refractivity (Wildman–Crippen MR) is 59.5 cm³/mol. The molecule has 4 heteroatoms. The SMILES string of the molecule is CN(C)C(=O)COCC1(N)CCCCC1. The van der Waals surface area contributed by atoms with Crippen molar-refractivity contribution in [3.63, 3.8) is 0 Å². The highest BCUT2D eigenvalue weighted by molar-refractivity contribution is 5.76. The van der Waals surface area contributed by atoms with Gasteiger partial charge >= 0.3 is 0 Å². The van der Waals surface area contributed by atoms with Crippen molar-refractivity contribution in [3.8, 4) is 0 Å². The van der Waals surface area contributed by atoms with E-state index in [0.717, 1.165) is 12.8 Å². The lowest BCUT2D eigenvalue weighted by atomic mass is 9.83. The average Bonchev–Trinajstić information content (AvgIpc) is 2.18. The second kappa shape index (κ2) is 5.47. The number of nitrogens with zero attached hydrogens (tertiary/aromatic N) is 1. The maximum Gasteiger partial charge on any atom is 0.248 e. The highest BCUT2D eigenvalue weighted by Crippen LogP contribution is 2.25. The molecule has 1 saturated carbocycles. The average molecular weight is 214 g/mol. The fourth-order valence-corrected chi connectivity index (χ4v) is 1.87. The summed E-state index contributed by atoms with van der Waals surface area (Å²) in [6.45, 7) is 0.651. The van der Waals surface area contributed by atoms with Crippen LogP contribution >= 0.6 is 0 Å². The van der Waals surface area contributed by atoms with Crippen molar-refractivity contribution in [3.05, 3.63) is 0 Å². The number of carbonyl (C=O) groups excluding carboxylic acids is 1. The van der Waals surface area contributed by atoms with Gasteiger partial charge in [-0.2, -0.15) is 0 Å². The molecule has 0 saturated heterocycles. The molecule has 1 amide bonds. The number of amides is 1. The third kappa shape index (κ3) is 4.18. The second-order valence-corrected chi connectivity index (χ2v) is 4.70. The molecule has 4 nitrogen and oxygen atoms in total. The van der Waals surface area contributed by atoms with Gasteiger partial charge in [0.1, 0.15) is 6.61 Å². The van der Waals surface area contributed by atoms with E-state index in [4.69, 9.17) is 10.5 Å². The lowest BCUT2D eigenvalue weighted by Gasteiger charge is -2.33. The Balaban J connectivity index is 2.21. The van der Waals surface area contributed by atoms with Crippen LogP contribution in [-0.4, -0.2) is 43.7 Å². The molecule has 2 N–H and O–H groups in total. The van der Waals surface area contributed by atoms with E-state index in [2.05, 4.69) is 0 Å². The highest BCUT2D eigenvalue weighted by Gasteiger charge is 2.27. The molecule has 0 radical (unpaired) electrons. The maximum atomic E-state index is 11.2. The van der Waals surface area contributed by atoms with Crippen LogP contribution in [-0.2, 0) is 9.53 Å². The molecule has 0 aromatic heterocycles. The van der Waals surface area contributed by atoms with Gasteiger partial charge in [-0.15, -0.1) is 0 Å². The number of nitrogens with two attached hydrogens (primary N) is 1. The van der Waals surface area contributed by atoms with Crippen LogP contribution in [0.3, 0.4) is 0 Å². The van der Waals surface area contributed by atoms with Gasteiger partial charge in [0, 0.05) is 19.6 Å². The van der Waals surface area contributed by atoms with E-state index >= 15 is 0 Å². The lowest BCUT2D eigenvalue weighted by Crippen LogP contribution is -2.46. The van der Waals surface area contributed by atoms with Crippen molar-refractivity contribution in [2.75, 3.05) is 27.3 Å².